The van der Waals surface area contributed by atoms with Crippen LogP contribution in [0.5, 0.6) is 5.75 Å². The molecule has 1 aliphatic rings. The van der Waals surface area contributed by atoms with Crippen LogP contribution < -0.4 is 5.73 Å². The standard InChI is InChI=1S/C24H21ClFN3O2S/c1-3-20(31)28(2)14-11-29(12-14)24(32)18-10-19(25)21(22(26)23(18)27)17-9-15(30)8-13-6-4-5-7-16(13)17/h3-10,14,30H,1,11-12,27H2,2H3. The van der Waals surface area contributed by atoms with Gasteiger partial charge >= 0.3 is 0 Å². The fourth-order valence-corrected chi connectivity index (χ4v) is 4.53. The number of nitrogens with two attached hydrogens (primary N) is 1. The van der Waals surface area contributed by atoms with Gasteiger partial charge in [0.05, 0.1) is 16.8 Å². The molecular weight excluding hydrogens is 449 g/mol. The zero-order chi connectivity index (χ0) is 23.2. The monoisotopic (exact) mass is 469 g/mol. The molecule has 1 heterocycles. The highest BCUT2D eigenvalue weighted by atomic mass is 35.5. The molecule has 1 saturated heterocycles. The van der Waals surface area contributed by atoms with Crippen LogP contribution in [0.2, 0.25) is 5.02 Å². The van der Waals surface area contributed by atoms with Crippen molar-refractivity contribution in [3.8, 4) is 16.9 Å². The van der Waals surface area contributed by atoms with Gasteiger partial charge in [-0.1, -0.05) is 54.7 Å². The molecule has 1 fully saturated rings. The molecule has 32 heavy (non-hydrogen) atoms. The predicted molar refractivity (Wildman–Crippen MR) is 130 cm³/mol. The lowest BCUT2D eigenvalue weighted by Gasteiger charge is -2.45. The number of carbonyl (C=O) groups is 1. The molecule has 0 bridgehead atoms. The number of nitrogen functional groups attached to an aromatic ring is 1. The Hall–Kier alpha value is -3.16. The van der Waals surface area contributed by atoms with Gasteiger partial charge in [-0.25, -0.2) is 4.39 Å². The number of fused-ring (bicyclic) bond motifs is 1. The smallest absolute Gasteiger partial charge is 0.246 e. The number of aromatic hydroxyl groups is 1. The van der Waals surface area contributed by atoms with Crippen molar-refractivity contribution in [1.82, 2.24) is 9.80 Å². The minimum atomic E-state index is -0.693. The molecule has 4 rings (SSSR count). The lowest BCUT2D eigenvalue weighted by molar-refractivity contribution is -0.128. The first-order valence-corrected chi connectivity index (χ1v) is 10.7. The molecule has 1 aliphatic heterocycles. The average Bonchev–Trinajstić information content (AvgIpc) is 2.74. The molecule has 0 radical (unpaired) electrons. The van der Waals surface area contributed by atoms with Crippen molar-refractivity contribution >= 4 is 51.2 Å². The molecule has 0 aliphatic carbocycles. The van der Waals surface area contributed by atoms with Gasteiger partial charge in [0.15, 0.2) is 5.82 Å². The van der Waals surface area contributed by atoms with E-state index in [2.05, 4.69) is 6.58 Å². The van der Waals surface area contributed by atoms with Crippen molar-refractivity contribution in [2.24, 2.45) is 0 Å². The molecule has 0 aromatic heterocycles. The van der Waals surface area contributed by atoms with E-state index in [-0.39, 0.29) is 34.0 Å². The molecule has 164 valence electrons. The van der Waals surface area contributed by atoms with Gasteiger partial charge in [-0.3, -0.25) is 4.79 Å². The number of nitrogens with zero attached hydrogens (tertiary/aromatic N) is 2. The van der Waals surface area contributed by atoms with E-state index in [1.807, 2.05) is 29.2 Å². The van der Waals surface area contributed by atoms with Gasteiger partial charge < -0.3 is 20.6 Å². The van der Waals surface area contributed by atoms with Crippen LogP contribution in [0.3, 0.4) is 0 Å². The Morgan fingerprint density at radius 2 is 2.03 bits per heavy atom. The lowest BCUT2D eigenvalue weighted by atomic mass is 9.95. The van der Waals surface area contributed by atoms with Crippen LogP contribution in [0.4, 0.5) is 10.1 Å². The molecule has 5 nitrogen and oxygen atoms in total. The number of likely N-dealkylation sites (N-methyl/N-ethyl adjacent to an activating group) is 1. The summed E-state index contributed by atoms with van der Waals surface area (Å²) in [6.45, 7) is 4.51. The quantitative estimate of drug-likeness (QED) is 0.332. The zero-order valence-electron chi connectivity index (χ0n) is 17.3. The Labute approximate surface area is 195 Å². The van der Waals surface area contributed by atoms with Crippen LogP contribution in [0.25, 0.3) is 21.9 Å². The first-order chi connectivity index (χ1) is 15.2. The van der Waals surface area contributed by atoms with E-state index in [1.165, 1.54) is 12.1 Å². The molecule has 3 aromatic carbocycles. The average molecular weight is 470 g/mol. The van der Waals surface area contributed by atoms with E-state index in [9.17, 15) is 9.90 Å². The van der Waals surface area contributed by atoms with Crippen molar-refractivity contribution in [3.63, 3.8) is 0 Å². The largest absolute Gasteiger partial charge is 0.508 e. The van der Waals surface area contributed by atoms with Gasteiger partial charge in [-0.05, 0) is 40.6 Å². The van der Waals surface area contributed by atoms with E-state index in [1.54, 1.807) is 24.1 Å². The fourth-order valence-electron chi connectivity index (χ4n) is 3.92. The number of carbonyl (C=O) groups excluding carboxylic acids is 1. The molecule has 3 N–H and O–H groups in total. The number of thiocarbonyl (C=S) groups is 1. The second-order valence-corrected chi connectivity index (χ2v) is 8.53. The molecule has 8 heteroatoms. The minimum Gasteiger partial charge on any atom is -0.508 e. The number of hydrogen-bond acceptors (Lipinski definition) is 4. The highest BCUT2D eigenvalue weighted by molar-refractivity contribution is 7.80. The number of likely N-dealkylation sites (tertiary alicyclic amines) is 1. The van der Waals surface area contributed by atoms with E-state index >= 15 is 4.39 Å². The summed E-state index contributed by atoms with van der Waals surface area (Å²) in [6.07, 6.45) is 1.26. The Morgan fingerprint density at radius 1 is 1.34 bits per heavy atom. The van der Waals surface area contributed by atoms with Crippen LogP contribution in [-0.4, -0.2) is 52.0 Å². The Kier molecular flexibility index (Phi) is 5.79. The van der Waals surface area contributed by atoms with Crippen molar-refractivity contribution in [1.29, 1.82) is 0 Å². The van der Waals surface area contributed by atoms with Crippen LogP contribution in [0.15, 0.2) is 55.1 Å². The number of benzene rings is 3. The third-order valence-corrected chi connectivity index (χ3v) is 6.60. The highest BCUT2D eigenvalue weighted by Gasteiger charge is 2.34. The third kappa shape index (κ3) is 3.67. The van der Waals surface area contributed by atoms with Gasteiger partial charge in [0.1, 0.15) is 10.7 Å². The van der Waals surface area contributed by atoms with Crippen LogP contribution in [-0.2, 0) is 4.79 Å². The Balaban J connectivity index is 1.69. The van der Waals surface area contributed by atoms with Gasteiger partial charge in [-0.15, -0.1) is 0 Å². The molecule has 0 saturated carbocycles. The number of phenols is 1. The maximum absolute atomic E-state index is 15.5. The summed E-state index contributed by atoms with van der Waals surface area (Å²) in [5.74, 6) is -0.865. The maximum Gasteiger partial charge on any atom is 0.246 e. The lowest BCUT2D eigenvalue weighted by Crippen LogP contribution is -2.60. The predicted octanol–water partition coefficient (Wildman–Crippen LogP) is 4.59. The van der Waals surface area contributed by atoms with E-state index in [0.717, 1.165) is 10.8 Å². The number of amides is 1. The number of hydrogen-bond donors (Lipinski definition) is 2. The number of anilines is 1. The molecular formula is C24H21ClFN3O2S. The molecule has 0 spiro atoms. The number of rotatable bonds is 4. The summed E-state index contributed by atoms with van der Waals surface area (Å²) in [7, 11) is 1.70. The summed E-state index contributed by atoms with van der Waals surface area (Å²) in [6, 6.07) is 11.9. The SMILES string of the molecule is C=CC(=O)N(C)C1CN(C(=S)c2cc(Cl)c(-c3cc(O)cc4ccccc34)c(F)c2N)C1. The summed E-state index contributed by atoms with van der Waals surface area (Å²) in [5, 5.41) is 11.8. The zero-order valence-corrected chi connectivity index (χ0v) is 18.9. The van der Waals surface area contributed by atoms with Gasteiger partial charge in [0.25, 0.3) is 0 Å². The Bertz CT molecular complexity index is 1270. The Morgan fingerprint density at radius 3 is 2.72 bits per heavy atom. The van der Waals surface area contributed by atoms with Gasteiger partial charge in [-0.2, -0.15) is 0 Å². The second-order valence-electron chi connectivity index (χ2n) is 7.74. The van der Waals surface area contributed by atoms with Crippen molar-refractivity contribution in [2.75, 3.05) is 25.9 Å². The fraction of sp³-hybridized carbons (Fsp3) is 0.167. The minimum absolute atomic E-state index is 0.00264. The van der Waals surface area contributed by atoms with Gasteiger partial charge in [0.2, 0.25) is 5.91 Å². The topological polar surface area (TPSA) is 69.8 Å². The summed E-state index contributed by atoms with van der Waals surface area (Å²) >= 11 is 12.1. The molecule has 0 unspecified atom stereocenters. The number of phenolic OH excluding ortho intramolecular Hbond substituents is 1. The molecule has 1 amide bonds. The van der Waals surface area contributed by atoms with E-state index in [0.29, 0.717) is 29.2 Å². The van der Waals surface area contributed by atoms with Crippen LogP contribution in [0, 0.1) is 5.82 Å². The summed E-state index contributed by atoms with van der Waals surface area (Å²) in [5.41, 5.74) is 6.94. The summed E-state index contributed by atoms with van der Waals surface area (Å²) in [4.78, 5) is 15.6. The van der Waals surface area contributed by atoms with Crippen LogP contribution in [0.1, 0.15) is 5.56 Å². The van der Waals surface area contributed by atoms with Crippen molar-refractivity contribution < 1.29 is 14.3 Å². The number of halogens is 2. The van der Waals surface area contributed by atoms with Gasteiger partial charge in [0, 0.05) is 31.3 Å². The normalized spacial score (nSPS) is 13.7. The van der Waals surface area contributed by atoms with E-state index in [4.69, 9.17) is 29.6 Å². The van der Waals surface area contributed by atoms with Crippen LogP contribution >= 0.6 is 23.8 Å². The first-order valence-electron chi connectivity index (χ1n) is 9.91. The van der Waals surface area contributed by atoms with Crippen molar-refractivity contribution in [2.45, 2.75) is 6.04 Å². The second kappa shape index (κ2) is 8.41. The third-order valence-electron chi connectivity index (χ3n) is 5.82. The molecule has 3 aromatic rings. The highest BCUT2D eigenvalue weighted by Crippen LogP contribution is 2.41. The summed E-state index contributed by atoms with van der Waals surface area (Å²) < 4.78 is 15.5. The molecule has 0 atom stereocenters. The van der Waals surface area contributed by atoms with Crippen molar-refractivity contribution in [3.05, 3.63) is 71.5 Å². The maximum atomic E-state index is 15.5. The first kappa shape index (κ1) is 22.0. The van der Waals surface area contributed by atoms with E-state index < -0.39 is 5.82 Å².